The summed E-state index contributed by atoms with van der Waals surface area (Å²) in [5.74, 6) is 0.473. The molecule has 1 saturated carbocycles. The first-order valence-electron chi connectivity index (χ1n) is 6.93. The summed E-state index contributed by atoms with van der Waals surface area (Å²) in [6.07, 6.45) is 2.47. The monoisotopic (exact) mass is 374 g/mol. The fraction of sp³-hybridized carbons (Fsp3) is 0.500. The average Bonchev–Trinajstić information content (AvgIpc) is 3.23. The van der Waals surface area contributed by atoms with E-state index < -0.39 is 10.0 Å². The molecule has 7 heteroatoms. The van der Waals surface area contributed by atoms with E-state index >= 15 is 0 Å². The number of benzene rings is 1. The first kappa shape index (κ1) is 16.5. The van der Waals surface area contributed by atoms with Crippen molar-refractivity contribution >= 4 is 31.9 Å². The zero-order chi connectivity index (χ0) is 15.5. The Morgan fingerprint density at radius 2 is 1.95 bits per heavy atom. The van der Waals surface area contributed by atoms with E-state index in [0.29, 0.717) is 5.92 Å². The molecule has 1 aliphatic rings. The summed E-state index contributed by atoms with van der Waals surface area (Å²) in [5, 5.41) is 2.90. The van der Waals surface area contributed by atoms with Gasteiger partial charge >= 0.3 is 0 Å². The third kappa shape index (κ3) is 5.09. The van der Waals surface area contributed by atoms with E-state index in [-0.39, 0.29) is 29.8 Å². The van der Waals surface area contributed by atoms with Gasteiger partial charge in [0.1, 0.15) is 0 Å². The SMILES string of the molecule is C[C@@H](NC(=O)CCNS(=O)(=O)c1ccc(Br)cc1)C1CC1. The van der Waals surface area contributed by atoms with Crippen LogP contribution in [0.25, 0.3) is 0 Å². The highest BCUT2D eigenvalue weighted by Gasteiger charge is 2.28. The number of carbonyl (C=O) groups excluding carboxylic acids is 1. The average molecular weight is 375 g/mol. The van der Waals surface area contributed by atoms with Gasteiger partial charge in [0.05, 0.1) is 4.90 Å². The zero-order valence-electron chi connectivity index (χ0n) is 11.8. The molecule has 0 aliphatic heterocycles. The Kier molecular flexibility index (Phi) is 5.40. The van der Waals surface area contributed by atoms with Gasteiger partial charge in [-0.25, -0.2) is 13.1 Å². The molecule has 1 aromatic rings. The minimum atomic E-state index is -3.56. The van der Waals surface area contributed by atoms with Crippen LogP contribution < -0.4 is 10.0 Å². The first-order chi connectivity index (χ1) is 9.88. The predicted molar refractivity (Wildman–Crippen MR) is 84.3 cm³/mol. The van der Waals surface area contributed by atoms with Crippen LogP contribution in [0.1, 0.15) is 26.2 Å². The highest BCUT2D eigenvalue weighted by Crippen LogP contribution is 2.32. The van der Waals surface area contributed by atoms with Crippen LogP contribution >= 0.6 is 15.9 Å². The van der Waals surface area contributed by atoms with Gasteiger partial charge < -0.3 is 5.32 Å². The third-order valence-corrected chi connectivity index (χ3v) is 5.49. The van der Waals surface area contributed by atoms with E-state index in [0.717, 1.165) is 17.3 Å². The molecule has 2 rings (SSSR count). The van der Waals surface area contributed by atoms with Crippen molar-refractivity contribution in [2.45, 2.75) is 37.1 Å². The fourth-order valence-corrected chi connectivity index (χ4v) is 3.33. The minimum absolute atomic E-state index is 0.0988. The van der Waals surface area contributed by atoms with Gasteiger partial charge in [-0.1, -0.05) is 15.9 Å². The largest absolute Gasteiger partial charge is 0.353 e. The van der Waals surface area contributed by atoms with Crippen molar-refractivity contribution in [3.63, 3.8) is 0 Å². The first-order valence-corrected chi connectivity index (χ1v) is 9.21. The van der Waals surface area contributed by atoms with Gasteiger partial charge in [0, 0.05) is 23.5 Å². The van der Waals surface area contributed by atoms with Crippen LogP contribution in [0.5, 0.6) is 0 Å². The van der Waals surface area contributed by atoms with Crippen molar-refractivity contribution in [1.82, 2.24) is 10.0 Å². The van der Waals surface area contributed by atoms with Crippen LogP contribution in [-0.4, -0.2) is 26.9 Å². The maximum absolute atomic E-state index is 12.0. The summed E-state index contributed by atoms with van der Waals surface area (Å²) in [6, 6.07) is 6.54. The summed E-state index contributed by atoms with van der Waals surface area (Å²) in [6.45, 7) is 2.09. The molecule has 0 aromatic heterocycles. The Morgan fingerprint density at radius 3 is 2.52 bits per heavy atom. The topological polar surface area (TPSA) is 75.3 Å². The minimum Gasteiger partial charge on any atom is -0.353 e. The maximum Gasteiger partial charge on any atom is 0.240 e. The standard InChI is InChI=1S/C14H19BrN2O3S/c1-10(11-2-3-11)17-14(18)8-9-16-21(19,20)13-6-4-12(15)5-7-13/h4-7,10-11,16H,2-3,8-9H2,1H3,(H,17,18)/t10-/m1/s1. The highest BCUT2D eigenvalue weighted by atomic mass is 79.9. The van der Waals surface area contributed by atoms with E-state index in [4.69, 9.17) is 0 Å². The summed E-state index contributed by atoms with van der Waals surface area (Å²) >= 11 is 3.26. The lowest BCUT2D eigenvalue weighted by molar-refractivity contribution is -0.121. The Labute approximate surface area is 133 Å². The lowest BCUT2D eigenvalue weighted by atomic mass is 10.2. The number of halogens is 1. The van der Waals surface area contributed by atoms with Gasteiger partial charge in [-0.2, -0.15) is 0 Å². The Bertz CT molecular complexity index is 597. The van der Waals surface area contributed by atoms with Gasteiger partial charge in [0.2, 0.25) is 15.9 Å². The Hall–Kier alpha value is -0.920. The molecule has 0 bridgehead atoms. The predicted octanol–water partition coefficient (Wildman–Crippen LogP) is 2.03. The highest BCUT2D eigenvalue weighted by molar-refractivity contribution is 9.10. The molecule has 0 saturated heterocycles. The van der Waals surface area contributed by atoms with Crippen molar-refractivity contribution < 1.29 is 13.2 Å². The summed E-state index contributed by atoms with van der Waals surface area (Å²) < 4.78 is 27.3. The van der Waals surface area contributed by atoms with Crippen LogP contribution in [0.2, 0.25) is 0 Å². The molecule has 1 amide bonds. The second-order valence-corrected chi connectivity index (χ2v) is 7.98. The van der Waals surface area contributed by atoms with Crippen molar-refractivity contribution in [3.8, 4) is 0 Å². The maximum atomic E-state index is 12.0. The molecular weight excluding hydrogens is 356 g/mol. The third-order valence-electron chi connectivity index (χ3n) is 3.49. The smallest absolute Gasteiger partial charge is 0.240 e. The zero-order valence-corrected chi connectivity index (χ0v) is 14.2. The van der Waals surface area contributed by atoms with Crippen molar-refractivity contribution in [2.24, 2.45) is 5.92 Å². The molecule has 1 aromatic carbocycles. The van der Waals surface area contributed by atoms with Crippen LogP contribution in [0, 0.1) is 5.92 Å². The normalized spacial score (nSPS) is 16.5. The quantitative estimate of drug-likeness (QED) is 0.766. The Morgan fingerprint density at radius 1 is 1.33 bits per heavy atom. The van der Waals surface area contributed by atoms with Crippen LogP contribution in [0.4, 0.5) is 0 Å². The van der Waals surface area contributed by atoms with Gasteiger partial charge in [-0.3, -0.25) is 4.79 Å². The van der Waals surface area contributed by atoms with E-state index in [1.54, 1.807) is 12.1 Å². The fourth-order valence-electron chi connectivity index (χ4n) is 2.04. The number of carbonyl (C=O) groups is 1. The molecule has 0 spiro atoms. The van der Waals surface area contributed by atoms with E-state index in [9.17, 15) is 13.2 Å². The summed E-state index contributed by atoms with van der Waals surface area (Å²) in [4.78, 5) is 11.9. The molecule has 1 aliphatic carbocycles. The van der Waals surface area contributed by atoms with E-state index in [1.165, 1.54) is 12.1 Å². The molecule has 21 heavy (non-hydrogen) atoms. The molecule has 2 N–H and O–H groups in total. The summed E-state index contributed by atoms with van der Waals surface area (Å²) in [7, 11) is -3.56. The number of rotatable bonds is 7. The molecule has 1 fully saturated rings. The number of hydrogen-bond donors (Lipinski definition) is 2. The van der Waals surface area contributed by atoms with E-state index in [2.05, 4.69) is 26.0 Å². The lowest BCUT2D eigenvalue weighted by Crippen LogP contribution is -2.36. The molecule has 0 radical (unpaired) electrons. The number of hydrogen-bond acceptors (Lipinski definition) is 3. The molecule has 116 valence electrons. The second-order valence-electron chi connectivity index (χ2n) is 5.30. The summed E-state index contributed by atoms with van der Waals surface area (Å²) in [5.41, 5.74) is 0. The van der Waals surface area contributed by atoms with Crippen LogP contribution in [-0.2, 0) is 14.8 Å². The number of amides is 1. The van der Waals surface area contributed by atoms with Gasteiger partial charge in [-0.05, 0) is 49.9 Å². The Balaban J connectivity index is 1.78. The molecule has 5 nitrogen and oxygen atoms in total. The number of sulfonamides is 1. The van der Waals surface area contributed by atoms with Crippen LogP contribution in [0.15, 0.2) is 33.6 Å². The molecule has 0 heterocycles. The molecule has 0 unspecified atom stereocenters. The van der Waals surface area contributed by atoms with Crippen LogP contribution in [0.3, 0.4) is 0 Å². The van der Waals surface area contributed by atoms with Gasteiger partial charge in [0.25, 0.3) is 0 Å². The lowest BCUT2D eigenvalue weighted by Gasteiger charge is -2.13. The van der Waals surface area contributed by atoms with Gasteiger partial charge in [-0.15, -0.1) is 0 Å². The number of nitrogens with one attached hydrogen (secondary N) is 2. The second kappa shape index (κ2) is 6.89. The van der Waals surface area contributed by atoms with Crippen molar-refractivity contribution in [2.75, 3.05) is 6.54 Å². The van der Waals surface area contributed by atoms with Gasteiger partial charge in [0.15, 0.2) is 0 Å². The van der Waals surface area contributed by atoms with Crippen molar-refractivity contribution in [3.05, 3.63) is 28.7 Å². The molecular formula is C14H19BrN2O3S. The molecule has 1 atom stereocenters. The van der Waals surface area contributed by atoms with E-state index in [1.807, 2.05) is 6.92 Å². The van der Waals surface area contributed by atoms with Crippen molar-refractivity contribution in [1.29, 1.82) is 0 Å².